The number of hydrogen-bond donors (Lipinski definition) is 3. The van der Waals surface area contributed by atoms with Crippen LogP contribution in [0.25, 0.3) is 0 Å². The Hall–Kier alpha value is -1.91. The van der Waals surface area contributed by atoms with Gasteiger partial charge < -0.3 is 20.9 Å². The number of hydrogen-bond acceptors (Lipinski definition) is 3. The van der Waals surface area contributed by atoms with Crippen molar-refractivity contribution in [3.05, 3.63) is 30.1 Å². The second-order valence-corrected chi connectivity index (χ2v) is 6.02. The van der Waals surface area contributed by atoms with Crippen molar-refractivity contribution in [3.63, 3.8) is 0 Å². The van der Waals surface area contributed by atoms with E-state index in [0.29, 0.717) is 31.2 Å². The molecule has 0 radical (unpaired) electrons. The van der Waals surface area contributed by atoms with Crippen LogP contribution in [0.2, 0.25) is 0 Å². The molecule has 1 saturated heterocycles. The van der Waals surface area contributed by atoms with E-state index in [1.165, 1.54) is 18.2 Å². The molecule has 0 aliphatic carbocycles. The van der Waals surface area contributed by atoms with E-state index in [-0.39, 0.29) is 42.3 Å². The number of aliphatic imine (C=N–C) groups is 1. The molecule has 27 heavy (non-hydrogen) atoms. The van der Waals surface area contributed by atoms with Crippen LogP contribution in [-0.4, -0.2) is 55.4 Å². The Balaban J connectivity index is 0.00000364. The first-order valence-corrected chi connectivity index (χ1v) is 8.94. The summed E-state index contributed by atoms with van der Waals surface area (Å²) in [7, 11) is 0. The largest absolute Gasteiger partial charge is 0.357 e. The molecule has 7 nitrogen and oxygen atoms in total. The number of nitrogens with one attached hydrogen (secondary N) is 3. The molecule has 1 aromatic carbocycles. The molecule has 1 aromatic rings. The van der Waals surface area contributed by atoms with Gasteiger partial charge in [-0.15, -0.1) is 24.0 Å². The minimum atomic E-state index is -0.405. The van der Waals surface area contributed by atoms with Crippen LogP contribution in [0.5, 0.6) is 0 Å². The Morgan fingerprint density at radius 2 is 2.15 bits per heavy atom. The summed E-state index contributed by atoms with van der Waals surface area (Å²) in [6.07, 6.45) is 2.40. The standard InChI is InChI=1S/C18H26FN5O2.HI/c1-2-20-18(21-9-5-11-24-10-4-8-17(24)26)22-13-16(25)23-15-7-3-6-14(19)12-15;/h3,6-7,12H,2,4-5,8-11,13H2,1H3,(H,23,25)(H2,20,21,22);1H. The number of guanidine groups is 1. The number of halogens is 2. The molecule has 1 fully saturated rings. The highest BCUT2D eigenvalue weighted by Crippen LogP contribution is 2.09. The van der Waals surface area contributed by atoms with Gasteiger partial charge in [0.25, 0.3) is 0 Å². The van der Waals surface area contributed by atoms with Gasteiger partial charge in [-0.05, 0) is 38.0 Å². The van der Waals surface area contributed by atoms with Crippen molar-refractivity contribution in [2.24, 2.45) is 4.99 Å². The van der Waals surface area contributed by atoms with Crippen molar-refractivity contribution in [2.75, 3.05) is 38.0 Å². The molecule has 150 valence electrons. The van der Waals surface area contributed by atoms with E-state index >= 15 is 0 Å². The molecule has 2 rings (SSSR count). The van der Waals surface area contributed by atoms with Gasteiger partial charge in [-0.1, -0.05) is 6.07 Å². The minimum Gasteiger partial charge on any atom is -0.357 e. The van der Waals surface area contributed by atoms with Gasteiger partial charge in [-0.2, -0.15) is 0 Å². The van der Waals surface area contributed by atoms with E-state index in [1.807, 2.05) is 11.8 Å². The zero-order valence-electron chi connectivity index (χ0n) is 15.5. The lowest BCUT2D eigenvalue weighted by Gasteiger charge is -2.16. The molecule has 0 bridgehead atoms. The fourth-order valence-electron chi connectivity index (χ4n) is 2.68. The van der Waals surface area contributed by atoms with Gasteiger partial charge in [0.2, 0.25) is 11.8 Å². The Bertz CT molecular complexity index is 656. The maximum Gasteiger partial charge on any atom is 0.246 e. The highest BCUT2D eigenvalue weighted by Gasteiger charge is 2.18. The smallest absolute Gasteiger partial charge is 0.246 e. The van der Waals surface area contributed by atoms with Crippen molar-refractivity contribution in [3.8, 4) is 0 Å². The first kappa shape index (κ1) is 23.1. The number of benzene rings is 1. The van der Waals surface area contributed by atoms with Crippen LogP contribution in [0.1, 0.15) is 26.2 Å². The SMILES string of the molecule is CCNC(=NCC(=O)Nc1cccc(F)c1)NCCCN1CCCC1=O.I. The molecule has 2 amide bonds. The second kappa shape index (κ2) is 12.5. The molecular weight excluding hydrogens is 464 g/mol. The van der Waals surface area contributed by atoms with Crippen LogP contribution in [-0.2, 0) is 9.59 Å². The summed E-state index contributed by atoms with van der Waals surface area (Å²) in [5, 5.41) is 8.82. The van der Waals surface area contributed by atoms with Crippen LogP contribution in [0, 0.1) is 5.82 Å². The molecule has 0 aromatic heterocycles. The van der Waals surface area contributed by atoms with Gasteiger partial charge in [-0.25, -0.2) is 9.38 Å². The number of carbonyl (C=O) groups excluding carboxylic acids is 2. The number of anilines is 1. The molecule has 0 atom stereocenters. The maximum absolute atomic E-state index is 13.1. The van der Waals surface area contributed by atoms with Crippen molar-refractivity contribution in [1.29, 1.82) is 0 Å². The lowest BCUT2D eigenvalue weighted by atomic mass is 10.3. The van der Waals surface area contributed by atoms with Crippen molar-refractivity contribution in [1.82, 2.24) is 15.5 Å². The molecule has 1 aliphatic rings. The monoisotopic (exact) mass is 491 g/mol. The van der Waals surface area contributed by atoms with Crippen molar-refractivity contribution >= 4 is 47.4 Å². The van der Waals surface area contributed by atoms with Gasteiger partial charge in [0.05, 0.1) is 0 Å². The molecule has 3 N–H and O–H groups in total. The molecule has 1 heterocycles. The average molecular weight is 491 g/mol. The topological polar surface area (TPSA) is 85.8 Å². The van der Waals surface area contributed by atoms with E-state index in [1.54, 1.807) is 6.07 Å². The fourth-order valence-corrected chi connectivity index (χ4v) is 2.68. The van der Waals surface area contributed by atoms with Crippen LogP contribution in [0.3, 0.4) is 0 Å². The average Bonchev–Trinajstić information content (AvgIpc) is 3.01. The summed E-state index contributed by atoms with van der Waals surface area (Å²) >= 11 is 0. The molecule has 0 saturated carbocycles. The summed E-state index contributed by atoms with van der Waals surface area (Å²) in [4.78, 5) is 29.6. The Kier molecular flexibility index (Phi) is 10.7. The number of likely N-dealkylation sites (tertiary alicyclic amines) is 1. The third kappa shape index (κ3) is 8.55. The third-order valence-corrected chi connectivity index (χ3v) is 3.90. The van der Waals surface area contributed by atoms with E-state index in [0.717, 1.165) is 25.9 Å². The summed E-state index contributed by atoms with van der Waals surface area (Å²) in [6, 6.07) is 5.72. The van der Waals surface area contributed by atoms with Crippen LogP contribution >= 0.6 is 24.0 Å². The van der Waals surface area contributed by atoms with Gasteiger partial charge >= 0.3 is 0 Å². The lowest BCUT2D eigenvalue weighted by molar-refractivity contribution is -0.127. The van der Waals surface area contributed by atoms with Crippen molar-refractivity contribution in [2.45, 2.75) is 26.2 Å². The summed E-state index contributed by atoms with van der Waals surface area (Å²) in [5.41, 5.74) is 0.401. The summed E-state index contributed by atoms with van der Waals surface area (Å²) < 4.78 is 13.1. The minimum absolute atomic E-state index is 0. The lowest BCUT2D eigenvalue weighted by Crippen LogP contribution is -2.39. The predicted molar refractivity (Wildman–Crippen MR) is 115 cm³/mol. The molecule has 0 unspecified atom stereocenters. The van der Waals surface area contributed by atoms with Crippen LogP contribution in [0.4, 0.5) is 10.1 Å². The summed E-state index contributed by atoms with van der Waals surface area (Å²) in [6.45, 7) is 4.75. The number of nitrogens with zero attached hydrogens (tertiary/aromatic N) is 2. The third-order valence-electron chi connectivity index (χ3n) is 3.90. The molecule has 1 aliphatic heterocycles. The predicted octanol–water partition coefficient (Wildman–Crippen LogP) is 1.95. The summed E-state index contributed by atoms with van der Waals surface area (Å²) in [5.74, 6) is 0.0301. The zero-order valence-corrected chi connectivity index (χ0v) is 17.8. The van der Waals surface area contributed by atoms with Crippen LogP contribution < -0.4 is 16.0 Å². The quantitative estimate of drug-likeness (QED) is 0.225. The molecule has 9 heteroatoms. The highest BCUT2D eigenvalue weighted by molar-refractivity contribution is 14.0. The molecular formula is C18H27FIN5O2. The van der Waals surface area contributed by atoms with E-state index < -0.39 is 5.82 Å². The van der Waals surface area contributed by atoms with Gasteiger partial charge in [0.15, 0.2) is 5.96 Å². The number of amides is 2. The number of carbonyl (C=O) groups is 2. The first-order chi connectivity index (χ1) is 12.6. The van der Waals surface area contributed by atoms with Crippen molar-refractivity contribution < 1.29 is 14.0 Å². The zero-order chi connectivity index (χ0) is 18.8. The Morgan fingerprint density at radius 3 is 2.81 bits per heavy atom. The van der Waals surface area contributed by atoms with E-state index in [2.05, 4.69) is 20.9 Å². The maximum atomic E-state index is 13.1. The van der Waals surface area contributed by atoms with Gasteiger partial charge in [0, 0.05) is 38.3 Å². The molecule has 0 spiro atoms. The highest BCUT2D eigenvalue weighted by atomic mass is 127. The Labute approximate surface area is 176 Å². The van der Waals surface area contributed by atoms with E-state index in [9.17, 15) is 14.0 Å². The van der Waals surface area contributed by atoms with E-state index in [4.69, 9.17) is 0 Å². The van der Waals surface area contributed by atoms with Crippen LogP contribution in [0.15, 0.2) is 29.3 Å². The first-order valence-electron chi connectivity index (χ1n) is 8.94. The normalized spacial score (nSPS) is 13.9. The van der Waals surface area contributed by atoms with Gasteiger partial charge in [0.1, 0.15) is 12.4 Å². The fraction of sp³-hybridized carbons (Fsp3) is 0.500. The second-order valence-electron chi connectivity index (χ2n) is 6.02. The van der Waals surface area contributed by atoms with Gasteiger partial charge in [-0.3, -0.25) is 9.59 Å². The number of rotatable bonds is 8. The Morgan fingerprint density at radius 1 is 1.33 bits per heavy atom.